The number of aromatic nitrogens is 2. The van der Waals surface area contributed by atoms with Gasteiger partial charge in [-0.25, -0.2) is 9.97 Å². The lowest BCUT2D eigenvalue weighted by atomic mass is 10.1. The van der Waals surface area contributed by atoms with E-state index in [0.717, 1.165) is 19.7 Å². The van der Waals surface area contributed by atoms with Gasteiger partial charge in [-0.1, -0.05) is 30.3 Å². The highest BCUT2D eigenvalue weighted by Crippen LogP contribution is 2.34. The van der Waals surface area contributed by atoms with Gasteiger partial charge in [0, 0.05) is 12.4 Å². The van der Waals surface area contributed by atoms with Gasteiger partial charge >= 0.3 is 6.01 Å². The first-order valence-corrected chi connectivity index (χ1v) is 7.15. The van der Waals surface area contributed by atoms with E-state index >= 15 is 0 Å². The summed E-state index contributed by atoms with van der Waals surface area (Å²) in [4.78, 5) is 8.19. The van der Waals surface area contributed by atoms with Crippen molar-refractivity contribution in [2.75, 3.05) is 0 Å². The first-order valence-electron chi connectivity index (χ1n) is 5.57. The van der Waals surface area contributed by atoms with Crippen LogP contribution in [-0.4, -0.2) is 9.97 Å². The Labute approximate surface area is 126 Å². The standard InChI is InChI=1S/C14H8Br2N2O/c15-10-7-17-14(18-8-10)19-12-6-5-9-3-1-2-4-11(9)13(12)16/h1-8H. The summed E-state index contributed by atoms with van der Waals surface area (Å²) in [6, 6.07) is 12.3. The third kappa shape index (κ3) is 2.62. The lowest BCUT2D eigenvalue weighted by molar-refractivity contribution is 0.439. The predicted molar refractivity (Wildman–Crippen MR) is 81.5 cm³/mol. The van der Waals surface area contributed by atoms with E-state index in [2.05, 4.69) is 47.9 Å². The number of hydrogen-bond donors (Lipinski definition) is 0. The van der Waals surface area contributed by atoms with Crippen LogP contribution in [-0.2, 0) is 0 Å². The normalized spacial score (nSPS) is 10.6. The Hall–Kier alpha value is -1.46. The fourth-order valence-electron chi connectivity index (χ4n) is 1.74. The van der Waals surface area contributed by atoms with Crippen molar-refractivity contribution in [3.05, 3.63) is 57.7 Å². The molecular weight excluding hydrogens is 372 g/mol. The maximum Gasteiger partial charge on any atom is 0.321 e. The third-order valence-corrected chi connectivity index (χ3v) is 3.85. The van der Waals surface area contributed by atoms with Gasteiger partial charge in [0.05, 0.1) is 8.95 Å². The highest BCUT2D eigenvalue weighted by molar-refractivity contribution is 9.11. The van der Waals surface area contributed by atoms with Crippen LogP contribution in [0.3, 0.4) is 0 Å². The highest BCUT2D eigenvalue weighted by atomic mass is 79.9. The zero-order valence-corrected chi connectivity index (χ0v) is 12.8. The van der Waals surface area contributed by atoms with Crippen molar-refractivity contribution in [1.82, 2.24) is 9.97 Å². The van der Waals surface area contributed by atoms with Crippen molar-refractivity contribution >= 4 is 42.6 Å². The average Bonchev–Trinajstić information content (AvgIpc) is 2.45. The molecule has 19 heavy (non-hydrogen) atoms. The van der Waals surface area contributed by atoms with E-state index in [9.17, 15) is 0 Å². The molecule has 3 rings (SSSR count). The molecule has 0 saturated heterocycles. The maximum absolute atomic E-state index is 5.68. The molecule has 3 nitrogen and oxygen atoms in total. The molecule has 94 valence electrons. The number of nitrogens with zero attached hydrogens (tertiary/aromatic N) is 2. The summed E-state index contributed by atoms with van der Waals surface area (Å²) in [6.45, 7) is 0. The molecule has 0 N–H and O–H groups in total. The number of hydrogen-bond acceptors (Lipinski definition) is 3. The van der Waals surface area contributed by atoms with Crippen LogP contribution in [0.4, 0.5) is 0 Å². The molecule has 0 fully saturated rings. The molecule has 2 aromatic carbocycles. The summed E-state index contributed by atoms with van der Waals surface area (Å²) in [5.41, 5.74) is 0. The molecule has 0 aliphatic rings. The van der Waals surface area contributed by atoms with Gasteiger partial charge < -0.3 is 4.74 Å². The second kappa shape index (κ2) is 5.27. The molecule has 0 aliphatic heterocycles. The van der Waals surface area contributed by atoms with Gasteiger partial charge in [-0.05, 0) is 48.7 Å². The summed E-state index contributed by atoms with van der Waals surface area (Å²) in [5.74, 6) is 0.695. The number of halogens is 2. The Balaban J connectivity index is 2.01. The van der Waals surface area contributed by atoms with E-state index in [-0.39, 0.29) is 0 Å². The van der Waals surface area contributed by atoms with Crippen molar-refractivity contribution in [2.45, 2.75) is 0 Å². The number of benzene rings is 2. The van der Waals surface area contributed by atoms with Crippen LogP contribution in [0, 0.1) is 0 Å². The van der Waals surface area contributed by atoms with Crippen LogP contribution in [0.25, 0.3) is 10.8 Å². The van der Waals surface area contributed by atoms with Gasteiger partial charge in [-0.2, -0.15) is 0 Å². The largest absolute Gasteiger partial charge is 0.423 e. The van der Waals surface area contributed by atoms with Crippen molar-refractivity contribution in [3.63, 3.8) is 0 Å². The first kappa shape index (κ1) is 12.6. The average molecular weight is 380 g/mol. The first-order chi connectivity index (χ1) is 9.24. The minimum absolute atomic E-state index is 0.319. The van der Waals surface area contributed by atoms with Gasteiger partial charge in [0.2, 0.25) is 0 Å². The smallest absolute Gasteiger partial charge is 0.321 e. The van der Waals surface area contributed by atoms with Crippen LogP contribution >= 0.6 is 31.9 Å². The second-order valence-electron chi connectivity index (χ2n) is 3.88. The van der Waals surface area contributed by atoms with Crippen LogP contribution < -0.4 is 4.74 Å². The minimum Gasteiger partial charge on any atom is -0.423 e. The SMILES string of the molecule is Brc1cnc(Oc2ccc3ccccc3c2Br)nc1. The highest BCUT2D eigenvalue weighted by Gasteiger charge is 2.08. The summed E-state index contributed by atoms with van der Waals surface area (Å²) in [7, 11) is 0. The summed E-state index contributed by atoms with van der Waals surface area (Å²) < 4.78 is 7.40. The molecule has 5 heteroatoms. The van der Waals surface area contributed by atoms with Crippen molar-refractivity contribution in [2.24, 2.45) is 0 Å². The van der Waals surface area contributed by atoms with E-state index in [1.807, 2.05) is 30.3 Å². The van der Waals surface area contributed by atoms with E-state index in [1.54, 1.807) is 12.4 Å². The maximum atomic E-state index is 5.68. The fourth-order valence-corrected chi connectivity index (χ4v) is 2.52. The molecule has 0 saturated carbocycles. The zero-order valence-electron chi connectivity index (χ0n) is 9.68. The van der Waals surface area contributed by atoms with Crippen LogP contribution in [0.5, 0.6) is 11.8 Å². The third-order valence-electron chi connectivity index (χ3n) is 2.63. The molecule has 0 atom stereocenters. The van der Waals surface area contributed by atoms with Crippen LogP contribution in [0.15, 0.2) is 57.7 Å². The van der Waals surface area contributed by atoms with E-state index < -0.39 is 0 Å². The molecule has 1 heterocycles. The topological polar surface area (TPSA) is 35.0 Å². The molecule has 0 radical (unpaired) electrons. The number of rotatable bonds is 2. The Morgan fingerprint density at radius 2 is 1.63 bits per heavy atom. The second-order valence-corrected chi connectivity index (χ2v) is 5.59. The molecule has 0 spiro atoms. The van der Waals surface area contributed by atoms with E-state index in [0.29, 0.717) is 11.8 Å². The Bertz CT molecular complexity index is 729. The number of ether oxygens (including phenoxy) is 1. The molecular formula is C14H8Br2N2O. The van der Waals surface area contributed by atoms with Crippen molar-refractivity contribution < 1.29 is 4.74 Å². The molecule has 3 aromatic rings. The monoisotopic (exact) mass is 378 g/mol. The van der Waals surface area contributed by atoms with Crippen molar-refractivity contribution in [1.29, 1.82) is 0 Å². The lowest BCUT2D eigenvalue weighted by Gasteiger charge is -2.08. The molecule has 0 unspecified atom stereocenters. The minimum atomic E-state index is 0.319. The molecule has 0 aliphatic carbocycles. The van der Waals surface area contributed by atoms with E-state index in [4.69, 9.17) is 4.74 Å². The lowest BCUT2D eigenvalue weighted by Crippen LogP contribution is -1.92. The van der Waals surface area contributed by atoms with Gasteiger partial charge in [-0.15, -0.1) is 0 Å². The number of fused-ring (bicyclic) bond motifs is 1. The summed E-state index contributed by atoms with van der Waals surface area (Å²) in [6.07, 6.45) is 3.30. The zero-order chi connectivity index (χ0) is 13.2. The molecule has 0 amide bonds. The molecule has 1 aromatic heterocycles. The van der Waals surface area contributed by atoms with Crippen LogP contribution in [0.2, 0.25) is 0 Å². The van der Waals surface area contributed by atoms with Gasteiger partial charge in [0.15, 0.2) is 0 Å². The Kier molecular flexibility index (Phi) is 3.48. The van der Waals surface area contributed by atoms with Crippen LogP contribution in [0.1, 0.15) is 0 Å². The Morgan fingerprint density at radius 3 is 2.42 bits per heavy atom. The Morgan fingerprint density at radius 1 is 0.895 bits per heavy atom. The predicted octanol–water partition coefficient (Wildman–Crippen LogP) is 4.95. The van der Waals surface area contributed by atoms with E-state index in [1.165, 1.54) is 0 Å². The van der Waals surface area contributed by atoms with Gasteiger partial charge in [0.1, 0.15) is 5.75 Å². The van der Waals surface area contributed by atoms with Gasteiger partial charge in [-0.3, -0.25) is 0 Å². The van der Waals surface area contributed by atoms with Gasteiger partial charge in [0.25, 0.3) is 0 Å². The van der Waals surface area contributed by atoms with Crippen molar-refractivity contribution in [3.8, 4) is 11.8 Å². The quantitative estimate of drug-likeness (QED) is 0.632. The molecule has 0 bridgehead atoms. The summed E-state index contributed by atoms with van der Waals surface area (Å²) >= 11 is 6.85. The summed E-state index contributed by atoms with van der Waals surface area (Å²) in [5, 5.41) is 2.25. The fraction of sp³-hybridized carbons (Fsp3) is 0.